The average molecular weight is 547 g/mol. The molecule has 1 amide bonds. The molecule has 8 heteroatoms. The Morgan fingerprint density at radius 3 is 2.23 bits per heavy atom. The maximum absolute atomic E-state index is 12.2. The number of rotatable bonds is 13. The maximum Gasteiger partial charge on any atom is 0.303 e. The summed E-state index contributed by atoms with van der Waals surface area (Å²) in [7, 11) is 2.09. The molecule has 1 aliphatic rings. The van der Waals surface area contributed by atoms with E-state index in [9.17, 15) is 14.7 Å². The number of anilines is 1. The molecule has 0 aromatic heterocycles. The van der Waals surface area contributed by atoms with Crippen molar-refractivity contribution in [3.63, 3.8) is 0 Å². The number of unbranched alkanes of at least 4 members (excludes halogenated alkanes) is 1. The van der Waals surface area contributed by atoms with Crippen molar-refractivity contribution in [1.29, 1.82) is 0 Å². The van der Waals surface area contributed by atoms with Gasteiger partial charge in [-0.3, -0.25) is 14.5 Å². The Hall–Kier alpha value is -3.56. The number of carbonyl (C=O) groups is 2. The van der Waals surface area contributed by atoms with Crippen LogP contribution in [-0.2, 0) is 32.2 Å². The predicted molar refractivity (Wildman–Crippen MR) is 152 cm³/mol. The van der Waals surface area contributed by atoms with Crippen LogP contribution in [0.1, 0.15) is 66.8 Å². The van der Waals surface area contributed by atoms with Crippen LogP contribution in [0.25, 0.3) is 0 Å². The molecule has 0 radical (unpaired) electrons. The van der Waals surface area contributed by atoms with Crippen molar-refractivity contribution >= 4 is 17.6 Å². The van der Waals surface area contributed by atoms with Gasteiger partial charge < -0.3 is 25.0 Å². The molecule has 8 nitrogen and oxygen atoms in total. The number of benzene rings is 3. The van der Waals surface area contributed by atoms with Gasteiger partial charge >= 0.3 is 5.97 Å². The lowest BCUT2D eigenvalue weighted by molar-refractivity contribution is -0.252. The van der Waals surface area contributed by atoms with Gasteiger partial charge in [0, 0.05) is 43.6 Å². The molecule has 1 heterocycles. The summed E-state index contributed by atoms with van der Waals surface area (Å²) in [4.78, 5) is 25.1. The van der Waals surface area contributed by atoms with Gasteiger partial charge in [-0.1, -0.05) is 66.7 Å². The maximum atomic E-state index is 12.2. The minimum Gasteiger partial charge on any atom is -0.481 e. The number of carbonyl (C=O) groups excluding carboxylic acids is 1. The van der Waals surface area contributed by atoms with Gasteiger partial charge in [0.2, 0.25) is 5.91 Å². The first-order valence-corrected chi connectivity index (χ1v) is 13.7. The fourth-order valence-corrected chi connectivity index (χ4v) is 4.85. The summed E-state index contributed by atoms with van der Waals surface area (Å²) >= 11 is 0. The van der Waals surface area contributed by atoms with Gasteiger partial charge in [0.25, 0.3) is 0 Å². The van der Waals surface area contributed by atoms with E-state index in [0.29, 0.717) is 24.9 Å². The predicted octanol–water partition coefficient (Wildman–Crippen LogP) is 5.44. The SMILES string of the molecule is CN(Cc1ccccc1)C[C@H]1C[C@@H](c2ccc(CO)cc2)O[C@@H](c2ccc(NC(=O)CCCCC(=O)O)cc2)O1. The van der Waals surface area contributed by atoms with Gasteiger partial charge in [0.05, 0.1) is 18.8 Å². The largest absolute Gasteiger partial charge is 0.481 e. The summed E-state index contributed by atoms with van der Waals surface area (Å²) in [6.45, 7) is 1.54. The second kappa shape index (κ2) is 14.7. The van der Waals surface area contributed by atoms with E-state index in [0.717, 1.165) is 29.8 Å². The van der Waals surface area contributed by atoms with E-state index in [4.69, 9.17) is 14.6 Å². The number of ether oxygens (including phenoxy) is 2. The number of carboxylic acid groups (broad SMARTS) is 1. The molecule has 212 valence electrons. The van der Waals surface area contributed by atoms with Crippen molar-refractivity contribution in [2.75, 3.05) is 18.9 Å². The summed E-state index contributed by atoms with van der Waals surface area (Å²) in [6.07, 6.45) is 1.23. The van der Waals surface area contributed by atoms with Crippen LogP contribution in [-0.4, -0.2) is 46.7 Å². The van der Waals surface area contributed by atoms with E-state index >= 15 is 0 Å². The fourth-order valence-electron chi connectivity index (χ4n) is 4.85. The number of aliphatic hydroxyl groups is 1. The Morgan fingerprint density at radius 2 is 1.55 bits per heavy atom. The highest BCUT2D eigenvalue weighted by Crippen LogP contribution is 2.38. The molecule has 1 fully saturated rings. The van der Waals surface area contributed by atoms with Gasteiger partial charge in [-0.2, -0.15) is 0 Å². The first-order valence-electron chi connectivity index (χ1n) is 13.7. The van der Waals surface area contributed by atoms with Gasteiger partial charge in [-0.15, -0.1) is 0 Å². The molecule has 0 saturated carbocycles. The van der Waals surface area contributed by atoms with Crippen LogP contribution in [0.2, 0.25) is 0 Å². The zero-order chi connectivity index (χ0) is 28.3. The third-order valence-electron chi connectivity index (χ3n) is 6.94. The topological polar surface area (TPSA) is 108 Å². The Labute approximate surface area is 235 Å². The number of aliphatic carboxylic acids is 1. The van der Waals surface area contributed by atoms with Crippen LogP contribution >= 0.6 is 0 Å². The van der Waals surface area contributed by atoms with Crippen molar-refractivity contribution in [3.8, 4) is 0 Å². The molecule has 0 spiro atoms. The first-order chi connectivity index (χ1) is 19.4. The molecule has 3 N–H and O–H groups in total. The van der Waals surface area contributed by atoms with Crippen molar-refractivity contribution in [1.82, 2.24) is 4.90 Å². The third kappa shape index (κ3) is 8.99. The van der Waals surface area contributed by atoms with Crippen LogP contribution in [0.4, 0.5) is 5.69 Å². The first kappa shape index (κ1) is 29.4. The quantitative estimate of drug-likeness (QED) is 0.245. The van der Waals surface area contributed by atoms with Crippen LogP contribution in [0, 0.1) is 0 Å². The van der Waals surface area contributed by atoms with Crippen molar-refractivity contribution < 1.29 is 29.3 Å². The van der Waals surface area contributed by atoms with Gasteiger partial charge in [-0.25, -0.2) is 0 Å². The molecule has 1 saturated heterocycles. The smallest absolute Gasteiger partial charge is 0.303 e. The average Bonchev–Trinajstić information content (AvgIpc) is 2.96. The standard InChI is InChI=1S/C32H38N2O6/c1-34(20-23-7-3-2-4-8-23)21-28-19-29(25-13-11-24(22-35)12-14-25)40-32(39-28)26-15-17-27(18-16-26)33-30(36)9-5-6-10-31(37)38/h2-4,7-8,11-18,28-29,32,35H,5-6,9-10,19-22H2,1H3,(H,33,36)(H,37,38)/t28-,29+,32+/m1/s1. The summed E-state index contributed by atoms with van der Waals surface area (Å²) in [6, 6.07) is 25.6. The van der Waals surface area contributed by atoms with E-state index in [2.05, 4.69) is 29.4 Å². The number of nitrogens with one attached hydrogen (secondary N) is 1. The molecule has 3 aromatic carbocycles. The molecule has 4 rings (SSSR count). The minimum atomic E-state index is -0.849. The highest BCUT2D eigenvalue weighted by Gasteiger charge is 2.32. The lowest BCUT2D eigenvalue weighted by Crippen LogP contribution is -2.37. The molecule has 0 unspecified atom stereocenters. The van der Waals surface area contributed by atoms with Gasteiger partial charge in [0.1, 0.15) is 0 Å². The van der Waals surface area contributed by atoms with Crippen LogP contribution in [0.5, 0.6) is 0 Å². The van der Waals surface area contributed by atoms with E-state index in [1.807, 2.05) is 66.7 Å². The number of hydrogen-bond acceptors (Lipinski definition) is 6. The third-order valence-corrected chi connectivity index (χ3v) is 6.94. The number of likely N-dealkylation sites (N-methyl/N-ethyl adjacent to an activating group) is 1. The lowest BCUT2D eigenvalue weighted by Gasteiger charge is -2.38. The molecular formula is C32H38N2O6. The molecule has 0 aliphatic carbocycles. The Morgan fingerprint density at radius 1 is 0.875 bits per heavy atom. The van der Waals surface area contributed by atoms with Gasteiger partial charge in [-0.05, 0) is 48.7 Å². The second-order valence-corrected chi connectivity index (χ2v) is 10.3. The van der Waals surface area contributed by atoms with Crippen LogP contribution < -0.4 is 5.32 Å². The monoisotopic (exact) mass is 546 g/mol. The molecule has 3 aromatic rings. The fraction of sp³-hybridized carbons (Fsp3) is 0.375. The molecule has 1 aliphatic heterocycles. The summed E-state index contributed by atoms with van der Waals surface area (Å²) < 4.78 is 12.9. The number of hydrogen-bond donors (Lipinski definition) is 3. The summed E-state index contributed by atoms with van der Waals surface area (Å²) in [5, 5.41) is 21.0. The zero-order valence-corrected chi connectivity index (χ0v) is 22.9. The van der Waals surface area contributed by atoms with E-state index in [1.54, 1.807) is 0 Å². The molecular weight excluding hydrogens is 508 g/mol. The lowest BCUT2D eigenvalue weighted by atomic mass is 9.99. The molecule has 3 atom stereocenters. The number of aliphatic hydroxyl groups excluding tert-OH is 1. The number of nitrogens with zero attached hydrogens (tertiary/aromatic N) is 1. The van der Waals surface area contributed by atoms with Crippen molar-refractivity contribution in [3.05, 3.63) is 101 Å². The van der Waals surface area contributed by atoms with E-state index in [1.165, 1.54) is 5.56 Å². The normalized spacial score (nSPS) is 18.9. The molecule has 40 heavy (non-hydrogen) atoms. The Bertz CT molecular complexity index is 1220. The number of amides is 1. The van der Waals surface area contributed by atoms with E-state index < -0.39 is 12.3 Å². The van der Waals surface area contributed by atoms with Gasteiger partial charge in [0.15, 0.2) is 6.29 Å². The Kier molecular flexibility index (Phi) is 10.8. The molecule has 0 bridgehead atoms. The second-order valence-electron chi connectivity index (χ2n) is 10.3. The van der Waals surface area contributed by atoms with Crippen LogP contribution in [0.15, 0.2) is 78.9 Å². The summed E-state index contributed by atoms with van der Waals surface area (Å²) in [5.74, 6) is -0.992. The number of carboxylic acids is 1. The zero-order valence-electron chi connectivity index (χ0n) is 22.9. The van der Waals surface area contributed by atoms with Crippen LogP contribution in [0.3, 0.4) is 0 Å². The highest BCUT2D eigenvalue weighted by atomic mass is 16.7. The van der Waals surface area contributed by atoms with E-state index in [-0.39, 0.29) is 37.6 Å². The van der Waals surface area contributed by atoms with Crippen molar-refractivity contribution in [2.24, 2.45) is 0 Å². The minimum absolute atomic E-state index is 0.00430. The van der Waals surface area contributed by atoms with Crippen molar-refractivity contribution in [2.45, 2.75) is 63.8 Å². The Balaban J connectivity index is 1.41. The summed E-state index contributed by atoms with van der Waals surface area (Å²) in [5.41, 5.74) is 4.65. The highest BCUT2D eigenvalue weighted by molar-refractivity contribution is 5.90.